The number of ketones is 1. The van der Waals surface area contributed by atoms with Gasteiger partial charge in [-0.25, -0.2) is 8.78 Å². The maximum atomic E-state index is 13.4. The third kappa shape index (κ3) is 5.89. The first-order valence-corrected chi connectivity index (χ1v) is 8.88. The first-order chi connectivity index (χ1) is 10.9. The van der Waals surface area contributed by atoms with Crippen molar-refractivity contribution in [3.8, 4) is 0 Å². The van der Waals surface area contributed by atoms with Crippen molar-refractivity contribution >= 4 is 85.1 Å². The van der Waals surface area contributed by atoms with Crippen LogP contribution in [0.4, 0.5) is 8.78 Å². The largest absolute Gasteiger partial charge is 0.297 e. The van der Waals surface area contributed by atoms with Crippen LogP contribution in [0.2, 0.25) is 0 Å². The van der Waals surface area contributed by atoms with Gasteiger partial charge in [-0.3, -0.25) is 13.9 Å². The number of rotatable bonds is 4. The molecule has 0 bridgehead atoms. The van der Waals surface area contributed by atoms with Crippen molar-refractivity contribution in [2.45, 2.75) is 9.79 Å². The van der Waals surface area contributed by atoms with E-state index in [1.54, 1.807) is 0 Å². The van der Waals surface area contributed by atoms with Gasteiger partial charge in [0.1, 0.15) is 21.4 Å². The van der Waals surface area contributed by atoms with Gasteiger partial charge in [-0.1, -0.05) is 0 Å². The van der Waals surface area contributed by atoms with Crippen molar-refractivity contribution in [2.75, 3.05) is 0 Å². The predicted molar refractivity (Wildman–Crippen MR) is 87.4 cm³/mol. The molecule has 0 saturated heterocycles. The Balaban J connectivity index is 0.00000312. The van der Waals surface area contributed by atoms with E-state index in [-0.39, 0.29) is 59.1 Å². The topological polar surface area (TPSA) is 126 Å². The molecule has 2 N–H and O–H groups in total. The molecule has 7 nitrogen and oxygen atoms in total. The van der Waals surface area contributed by atoms with Gasteiger partial charge in [0, 0.05) is 70.2 Å². The first-order valence-electron chi connectivity index (χ1n) is 6.00. The van der Waals surface area contributed by atoms with Crippen molar-refractivity contribution in [3.63, 3.8) is 0 Å². The Morgan fingerprint density at radius 1 is 0.731 bits per heavy atom. The molecular formula is C13H8F2Na2O7S2. The van der Waals surface area contributed by atoms with Gasteiger partial charge >= 0.3 is 0 Å². The van der Waals surface area contributed by atoms with Crippen LogP contribution in [0.1, 0.15) is 15.9 Å². The van der Waals surface area contributed by atoms with Gasteiger partial charge in [-0.2, -0.15) is 16.8 Å². The fourth-order valence-electron chi connectivity index (χ4n) is 1.85. The maximum Gasteiger partial charge on any atom is 0.297 e. The number of benzene rings is 2. The molecule has 2 aromatic rings. The number of carbonyl (C=O) groups is 1. The van der Waals surface area contributed by atoms with Crippen molar-refractivity contribution in [2.24, 2.45) is 0 Å². The van der Waals surface area contributed by atoms with Crippen molar-refractivity contribution < 1.29 is 39.5 Å². The van der Waals surface area contributed by atoms with E-state index < -0.39 is 58.6 Å². The van der Waals surface area contributed by atoms with E-state index in [4.69, 9.17) is 9.11 Å². The molecule has 0 atom stereocenters. The summed E-state index contributed by atoms with van der Waals surface area (Å²) in [5.41, 5.74) is -0.811. The molecule has 0 spiro atoms. The maximum absolute atomic E-state index is 13.4. The van der Waals surface area contributed by atoms with E-state index in [0.29, 0.717) is 24.3 Å². The van der Waals surface area contributed by atoms with E-state index in [9.17, 15) is 30.4 Å². The molecular weight excluding hydrogens is 416 g/mol. The van der Waals surface area contributed by atoms with Crippen LogP contribution in [-0.2, 0) is 20.2 Å². The summed E-state index contributed by atoms with van der Waals surface area (Å²) in [6.45, 7) is 0. The number of halogens is 2. The summed E-state index contributed by atoms with van der Waals surface area (Å²) in [5, 5.41) is 0. The first kappa shape index (κ1) is 25.8. The molecule has 2 radical (unpaired) electrons. The van der Waals surface area contributed by atoms with Crippen LogP contribution in [0, 0.1) is 11.6 Å². The van der Waals surface area contributed by atoms with Crippen molar-refractivity contribution in [1.82, 2.24) is 0 Å². The summed E-state index contributed by atoms with van der Waals surface area (Å²) >= 11 is 0. The molecule has 0 heterocycles. The Morgan fingerprint density at radius 3 is 1.31 bits per heavy atom. The number of carbonyl (C=O) groups excluding carboxylic acids is 1. The van der Waals surface area contributed by atoms with Crippen molar-refractivity contribution in [3.05, 3.63) is 59.2 Å². The average molecular weight is 424 g/mol. The third-order valence-electron chi connectivity index (χ3n) is 2.94. The summed E-state index contributed by atoms with van der Waals surface area (Å²) in [6, 6.07) is 4.10. The van der Waals surface area contributed by atoms with Crippen LogP contribution >= 0.6 is 0 Å². The predicted octanol–water partition coefficient (Wildman–Crippen LogP) is 0.928. The van der Waals surface area contributed by atoms with Gasteiger partial charge in [0.2, 0.25) is 0 Å². The van der Waals surface area contributed by atoms with Crippen LogP contribution < -0.4 is 0 Å². The summed E-state index contributed by atoms with van der Waals surface area (Å²) < 4.78 is 88.7. The fraction of sp³-hybridized carbons (Fsp3) is 0. The quantitative estimate of drug-likeness (QED) is 0.425. The standard InChI is InChI=1S/C13H8F2O7S2.2Na/c14-9-3-1-7(5-11(9)23(17,18)19)13(16)8-2-4-10(15)12(6-8)24(20,21)22;;/h1-6H,(H,17,18,19)(H,20,21,22);;. The molecule has 0 aliphatic rings. The Bertz CT molecular complexity index is 971. The van der Waals surface area contributed by atoms with E-state index in [0.717, 1.165) is 12.1 Å². The SMILES string of the molecule is O=C(c1ccc(F)c(S(=O)(=O)O)c1)c1ccc(F)c(S(=O)(=O)O)c1.[Na].[Na]. The van der Waals surface area contributed by atoms with E-state index in [1.807, 2.05) is 0 Å². The van der Waals surface area contributed by atoms with Gasteiger partial charge in [0.05, 0.1) is 0 Å². The molecule has 130 valence electrons. The second kappa shape index (κ2) is 9.32. The van der Waals surface area contributed by atoms with Crippen LogP contribution in [0.5, 0.6) is 0 Å². The zero-order chi connectivity index (χ0) is 18.3. The second-order valence-corrected chi connectivity index (χ2v) is 7.35. The van der Waals surface area contributed by atoms with E-state index in [1.165, 1.54) is 0 Å². The molecule has 0 saturated carbocycles. The van der Waals surface area contributed by atoms with E-state index >= 15 is 0 Å². The van der Waals surface area contributed by atoms with Gasteiger partial charge < -0.3 is 0 Å². The molecule has 0 aromatic heterocycles. The molecule has 0 aliphatic carbocycles. The number of hydrogen-bond donors (Lipinski definition) is 2. The fourth-order valence-corrected chi connectivity index (χ4v) is 3.03. The summed E-state index contributed by atoms with van der Waals surface area (Å²) in [7, 11) is -9.87. The molecule has 2 aromatic carbocycles. The molecule has 0 unspecified atom stereocenters. The second-order valence-electron chi connectivity index (χ2n) is 4.57. The Hall–Kier alpha value is -0.210. The van der Waals surface area contributed by atoms with Gasteiger partial charge in [0.15, 0.2) is 5.78 Å². The molecule has 2 rings (SSSR count). The van der Waals surface area contributed by atoms with Crippen LogP contribution in [-0.4, -0.2) is 90.8 Å². The smallest absolute Gasteiger partial charge is 0.289 e. The summed E-state index contributed by atoms with van der Waals surface area (Å²) in [5.74, 6) is -3.58. The van der Waals surface area contributed by atoms with Crippen LogP contribution in [0.3, 0.4) is 0 Å². The van der Waals surface area contributed by atoms with E-state index in [2.05, 4.69) is 0 Å². The molecule has 0 fully saturated rings. The van der Waals surface area contributed by atoms with Gasteiger partial charge in [0.25, 0.3) is 20.2 Å². The minimum atomic E-state index is -4.93. The third-order valence-corrected chi connectivity index (χ3v) is 4.68. The Labute approximate surface area is 191 Å². The van der Waals surface area contributed by atoms with Crippen LogP contribution in [0.15, 0.2) is 46.2 Å². The number of hydrogen-bond acceptors (Lipinski definition) is 5. The van der Waals surface area contributed by atoms with Gasteiger partial charge in [-0.05, 0) is 36.4 Å². The van der Waals surface area contributed by atoms with Crippen LogP contribution in [0.25, 0.3) is 0 Å². The zero-order valence-corrected chi connectivity index (χ0v) is 19.1. The molecule has 26 heavy (non-hydrogen) atoms. The molecule has 0 amide bonds. The monoisotopic (exact) mass is 424 g/mol. The Kier molecular flexibility index (Phi) is 9.25. The average Bonchev–Trinajstić information content (AvgIpc) is 2.45. The molecule has 13 heteroatoms. The minimum Gasteiger partial charge on any atom is -0.289 e. The zero-order valence-electron chi connectivity index (χ0n) is 13.5. The minimum absolute atomic E-state index is 0. The summed E-state index contributed by atoms with van der Waals surface area (Å²) in [6.07, 6.45) is 0. The normalized spacial score (nSPS) is 11.2. The summed E-state index contributed by atoms with van der Waals surface area (Å²) in [4.78, 5) is 9.93. The van der Waals surface area contributed by atoms with Gasteiger partial charge in [-0.15, -0.1) is 0 Å². The Morgan fingerprint density at radius 2 is 1.04 bits per heavy atom. The van der Waals surface area contributed by atoms with Crippen molar-refractivity contribution in [1.29, 1.82) is 0 Å². The molecule has 0 aliphatic heterocycles.